The monoisotopic (exact) mass is 281 g/mol. The smallest absolute Gasteiger partial charge is 0.165 e. The number of hydrogen-bond acceptors (Lipinski definition) is 3. The minimum absolute atomic E-state index is 0.293. The van der Waals surface area contributed by atoms with Crippen LogP contribution in [0.3, 0.4) is 0 Å². The van der Waals surface area contributed by atoms with Crippen LogP contribution >= 0.6 is 0 Å². The van der Waals surface area contributed by atoms with E-state index in [0.717, 1.165) is 12.5 Å². The molecule has 20 heavy (non-hydrogen) atoms. The molecular formula is C16H24FNO2. The van der Waals surface area contributed by atoms with Crippen LogP contribution in [0.4, 0.5) is 4.39 Å². The molecule has 1 fully saturated rings. The quantitative estimate of drug-likeness (QED) is 0.717. The molecule has 1 heterocycles. The second kappa shape index (κ2) is 8.22. The number of para-hydroxylation sites is 1. The Labute approximate surface area is 120 Å². The van der Waals surface area contributed by atoms with Crippen molar-refractivity contribution in [2.45, 2.75) is 19.8 Å². The highest BCUT2D eigenvalue weighted by Crippen LogP contribution is 2.15. The van der Waals surface area contributed by atoms with E-state index < -0.39 is 0 Å². The van der Waals surface area contributed by atoms with Crippen LogP contribution in [0.2, 0.25) is 0 Å². The predicted molar refractivity (Wildman–Crippen MR) is 77.6 cm³/mol. The molecule has 0 N–H and O–H groups in total. The third-order valence-electron chi connectivity index (χ3n) is 3.61. The lowest BCUT2D eigenvalue weighted by Crippen LogP contribution is -2.36. The summed E-state index contributed by atoms with van der Waals surface area (Å²) in [5, 5.41) is 0. The number of ether oxygens (including phenoxy) is 2. The Morgan fingerprint density at radius 2 is 2.10 bits per heavy atom. The molecule has 112 valence electrons. The molecule has 1 aliphatic rings. The molecule has 4 heteroatoms. The Morgan fingerprint density at radius 3 is 2.90 bits per heavy atom. The average molecular weight is 281 g/mol. The predicted octanol–water partition coefficient (Wildman–Crippen LogP) is 2.95. The fraction of sp³-hybridized carbons (Fsp3) is 0.625. The van der Waals surface area contributed by atoms with Crippen molar-refractivity contribution in [2.75, 3.05) is 39.5 Å². The average Bonchev–Trinajstić information content (AvgIpc) is 2.44. The van der Waals surface area contributed by atoms with Gasteiger partial charge in [0.2, 0.25) is 0 Å². The number of halogens is 1. The molecule has 0 saturated carbocycles. The summed E-state index contributed by atoms with van der Waals surface area (Å²) in [7, 11) is 0. The maximum absolute atomic E-state index is 13.3. The van der Waals surface area contributed by atoms with E-state index in [1.165, 1.54) is 32.0 Å². The Hall–Kier alpha value is -1.13. The molecule has 1 saturated heterocycles. The van der Waals surface area contributed by atoms with Gasteiger partial charge in [-0.3, -0.25) is 0 Å². The van der Waals surface area contributed by atoms with Crippen LogP contribution < -0.4 is 4.74 Å². The Kier molecular flexibility index (Phi) is 6.27. The van der Waals surface area contributed by atoms with Crippen molar-refractivity contribution in [3.8, 4) is 5.75 Å². The molecule has 0 amide bonds. The number of piperidine rings is 1. The van der Waals surface area contributed by atoms with E-state index in [1.807, 2.05) is 0 Å². The highest BCUT2D eigenvalue weighted by atomic mass is 19.1. The first-order valence-electron chi connectivity index (χ1n) is 7.43. The second-order valence-corrected chi connectivity index (χ2v) is 5.44. The van der Waals surface area contributed by atoms with Crippen LogP contribution in [-0.4, -0.2) is 44.4 Å². The molecule has 0 spiro atoms. The van der Waals surface area contributed by atoms with Crippen molar-refractivity contribution >= 4 is 0 Å². The van der Waals surface area contributed by atoms with E-state index >= 15 is 0 Å². The van der Waals surface area contributed by atoms with E-state index in [4.69, 9.17) is 9.47 Å². The van der Waals surface area contributed by atoms with Crippen molar-refractivity contribution < 1.29 is 13.9 Å². The summed E-state index contributed by atoms with van der Waals surface area (Å²) in [5.41, 5.74) is 0. The summed E-state index contributed by atoms with van der Waals surface area (Å²) >= 11 is 0. The van der Waals surface area contributed by atoms with Gasteiger partial charge in [-0.1, -0.05) is 19.1 Å². The second-order valence-electron chi connectivity index (χ2n) is 5.44. The fourth-order valence-electron chi connectivity index (χ4n) is 2.56. The molecule has 1 unspecified atom stereocenters. The van der Waals surface area contributed by atoms with Gasteiger partial charge in [-0.05, 0) is 37.4 Å². The van der Waals surface area contributed by atoms with Crippen LogP contribution in [0.5, 0.6) is 5.75 Å². The van der Waals surface area contributed by atoms with E-state index in [2.05, 4.69) is 11.8 Å². The normalized spacial score (nSPS) is 20.0. The van der Waals surface area contributed by atoms with Gasteiger partial charge >= 0.3 is 0 Å². The van der Waals surface area contributed by atoms with Gasteiger partial charge in [-0.15, -0.1) is 0 Å². The molecule has 0 bridgehead atoms. The van der Waals surface area contributed by atoms with Gasteiger partial charge in [-0.25, -0.2) is 4.39 Å². The van der Waals surface area contributed by atoms with Crippen LogP contribution in [0, 0.1) is 11.7 Å². The first-order valence-corrected chi connectivity index (χ1v) is 7.43. The molecule has 1 aromatic carbocycles. The minimum atomic E-state index is -0.324. The molecule has 2 rings (SSSR count). The van der Waals surface area contributed by atoms with Crippen LogP contribution in [-0.2, 0) is 4.74 Å². The summed E-state index contributed by atoms with van der Waals surface area (Å²) in [4.78, 5) is 2.45. The molecule has 1 aliphatic heterocycles. The van der Waals surface area contributed by atoms with Gasteiger partial charge in [0, 0.05) is 13.1 Å². The molecule has 1 atom stereocenters. The van der Waals surface area contributed by atoms with Gasteiger partial charge in [0.1, 0.15) is 6.61 Å². The number of hydrogen-bond donors (Lipinski definition) is 0. The first-order chi connectivity index (χ1) is 9.75. The minimum Gasteiger partial charge on any atom is -0.488 e. The van der Waals surface area contributed by atoms with Gasteiger partial charge in [0.15, 0.2) is 11.6 Å². The molecule has 0 radical (unpaired) electrons. The number of benzene rings is 1. The van der Waals surface area contributed by atoms with E-state index in [-0.39, 0.29) is 5.82 Å². The van der Waals surface area contributed by atoms with Gasteiger partial charge in [0.25, 0.3) is 0 Å². The SMILES string of the molecule is CC1CCCN(CCOCCOc2ccccc2F)C1. The van der Waals surface area contributed by atoms with Gasteiger partial charge in [-0.2, -0.15) is 0 Å². The van der Waals surface area contributed by atoms with Crippen LogP contribution in [0.15, 0.2) is 24.3 Å². The lowest BCUT2D eigenvalue weighted by atomic mass is 10.0. The molecular weight excluding hydrogens is 257 g/mol. The van der Waals surface area contributed by atoms with Crippen molar-refractivity contribution in [1.29, 1.82) is 0 Å². The van der Waals surface area contributed by atoms with E-state index in [1.54, 1.807) is 18.2 Å². The van der Waals surface area contributed by atoms with Crippen molar-refractivity contribution in [3.05, 3.63) is 30.1 Å². The van der Waals surface area contributed by atoms with Gasteiger partial charge in [0.05, 0.1) is 13.2 Å². The standard InChI is InChI=1S/C16H24FNO2/c1-14-5-4-8-18(13-14)9-10-19-11-12-20-16-7-3-2-6-15(16)17/h2-3,6-7,14H,4-5,8-13H2,1H3. The summed E-state index contributed by atoms with van der Waals surface area (Å²) < 4.78 is 24.1. The summed E-state index contributed by atoms with van der Waals surface area (Å²) in [6, 6.07) is 6.44. The summed E-state index contributed by atoms with van der Waals surface area (Å²) in [6.07, 6.45) is 2.63. The zero-order valence-corrected chi connectivity index (χ0v) is 12.2. The molecule has 0 aliphatic carbocycles. The lowest BCUT2D eigenvalue weighted by Gasteiger charge is -2.30. The van der Waals surface area contributed by atoms with Crippen molar-refractivity contribution in [3.63, 3.8) is 0 Å². The van der Waals surface area contributed by atoms with Crippen molar-refractivity contribution in [2.24, 2.45) is 5.92 Å². The largest absolute Gasteiger partial charge is 0.488 e. The third kappa shape index (κ3) is 5.10. The van der Waals surface area contributed by atoms with Crippen molar-refractivity contribution in [1.82, 2.24) is 4.90 Å². The van der Waals surface area contributed by atoms with E-state index in [9.17, 15) is 4.39 Å². The van der Waals surface area contributed by atoms with Gasteiger partial charge < -0.3 is 14.4 Å². The third-order valence-corrected chi connectivity index (χ3v) is 3.61. The van der Waals surface area contributed by atoms with Crippen LogP contribution in [0.1, 0.15) is 19.8 Å². The lowest BCUT2D eigenvalue weighted by molar-refractivity contribution is 0.0681. The number of rotatable bonds is 7. The topological polar surface area (TPSA) is 21.7 Å². The Balaban J connectivity index is 1.53. The fourth-order valence-corrected chi connectivity index (χ4v) is 2.56. The Bertz CT molecular complexity index is 400. The molecule has 3 nitrogen and oxygen atoms in total. The maximum atomic E-state index is 13.3. The highest BCUT2D eigenvalue weighted by molar-refractivity contribution is 5.23. The van der Waals surface area contributed by atoms with Crippen LogP contribution in [0.25, 0.3) is 0 Å². The zero-order chi connectivity index (χ0) is 14.2. The highest BCUT2D eigenvalue weighted by Gasteiger charge is 2.15. The summed E-state index contributed by atoms with van der Waals surface area (Å²) in [5.74, 6) is 0.767. The Morgan fingerprint density at radius 1 is 1.25 bits per heavy atom. The molecule has 1 aromatic rings. The molecule has 0 aromatic heterocycles. The first kappa shape index (κ1) is 15.3. The number of nitrogens with zero attached hydrogens (tertiary/aromatic N) is 1. The zero-order valence-electron chi connectivity index (χ0n) is 12.2. The van der Waals surface area contributed by atoms with E-state index in [0.29, 0.717) is 25.6 Å². The maximum Gasteiger partial charge on any atom is 0.165 e. The summed E-state index contributed by atoms with van der Waals surface area (Å²) in [6.45, 7) is 7.23. The number of likely N-dealkylation sites (tertiary alicyclic amines) is 1.